The van der Waals surface area contributed by atoms with Gasteiger partial charge in [-0.2, -0.15) is 0 Å². The van der Waals surface area contributed by atoms with E-state index < -0.39 is 0 Å². The molecular formula is C13H21N3O2. The zero-order chi connectivity index (χ0) is 13.5. The highest BCUT2D eigenvalue weighted by Crippen LogP contribution is 2.28. The highest BCUT2D eigenvalue weighted by atomic mass is 16.5. The Labute approximate surface area is 108 Å². The van der Waals surface area contributed by atoms with Gasteiger partial charge in [0.05, 0.1) is 18.5 Å². The van der Waals surface area contributed by atoms with Crippen molar-refractivity contribution in [3.63, 3.8) is 0 Å². The summed E-state index contributed by atoms with van der Waals surface area (Å²) in [7, 11) is 1.57. The average molecular weight is 251 g/mol. The zero-order valence-corrected chi connectivity index (χ0v) is 11.1. The number of anilines is 2. The van der Waals surface area contributed by atoms with Crippen molar-refractivity contribution in [2.75, 3.05) is 24.7 Å². The van der Waals surface area contributed by atoms with Crippen LogP contribution in [-0.4, -0.2) is 25.6 Å². The van der Waals surface area contributed by atoms with Crippen LogP contribution >= 0.6 is 0 Å². The highest BCUT2D eigenvalue weighted by molar-refractivity contribution is 5.77. The molecule has 0 atom stereocenters. The van der Waals surface area contributed by atoms with E-state index >= 15 is 0 Å². The normalized spacial score (nSPS) is 10.2. The Balaban J connectivity index is 2.47. The first-order chi connectivity index (χ1) is 8.54. The molecule has 18 heavy (non-hydrogen) atoms. The number of hydrogen-bond acceptors (Lipinski definition) is 4. The van der Waals surface area contributed by atoms with Crippen molar-refractivity contribution < 1.29 is 9.53 Å². The van der Waals surface area contributed by atoms with Crippen molar-refractivity contribution in [3.05, 3.63) is 18.2 Å². The number of para-hydroxylation sites is 1. The standard InChI is InChI=1S/C13H21N3O2/c1-9(2)16-12(17)7-8-15-10-5-4-6-11(18-3)13(10)14/h4-6,9,15H,7-8,14H2,1-3H3,(H,16,17). The summed E-state index contributed by atoms with van der Waals surface area (Å²) in [5, 5.41) is 5.96. The molecule has 0 aromatic heterocycles. The van der Waals surface area contributed by atoms with Crippen molar-refractivity contribution >= 4 is 17.3 Å². The third-order valence-electron chi connectivity index (χ3n) is 2.40. The van der Waals surface area contributed by atoms with E-state index in [2.05, 4.69) is 10.6 Å². The molecule has 1 aromatic carbocycles. The molecule has 0 unspecified atom stereocenters. The Morgan fingerprint density at radius 2 is 2.17 bits per heavy atom. The smallest absolute Gasteiger partial charge is 0.221 e. The van der Waals surface area contributed by atoms with E-state index in [9.17, 15) is 4.79 Å². The summed E-state index contributed by atoms with van der Waals surface area (Å²) in [6.45, 7) is 4.41. The van der Waals surface area contributed by atoms with E-state index in [1.807, 2.05) is 26.0 Å². The second-order valence-electron chi connectivity index (χ2n) is 4.32. The first-order valence-corrected chi connectivity index (χ1v) is 6.00. The van der Waals surface area contributed by atoms with E-state index in [0.29, 0.717) is 24.4 Å². The maximum atomic E-state index is 11.4. The zero-order valence-electron chi connectivity index (χ0n) is 11.1. The molecule has 100 valence electrons. The number of nitrogen functional groups attached to an aromatic ring is 1. The van der Waals surface area contributed by atoms with Crippen LogP contribution in [0.1, 0.15) is 20.3 Å². The first-order valence-electron chi connectivity index (χ1n) is 6.00. The van der Waals surface area contributed by atoms with Crippen LogP contribution in [-0.2, 0) is 4.79 Å². The molecule has 0 aliphatic rings. The van der Waals surface area contributed by atoms with Crippen LogP contribution in [0.5, 0.6) is 5.75 Å². The quantitative estimate of drug-likeness (QED) is 0.671. The van der Waals surface area contributed by atoms with Gasteiger partial charge in [-0.05, 0) is 26.0 Å². The lowest BCUT2D eigenvalue weighted by atomic mass is 10.2. The third kappa shape index (κ3) is 4.16. The second kappa shape index (κ2) is 6.74. The minimum Gasteiger partial charge on any atom is -0.495 e. The highest BCUT2D eigenvalue weighted by Gasteiger charge is 2.06. The fraction of sp³-hybridized carbons (Fsp3) is 0.462. The minimum atomic E-state index is 0.0268. The van der Waals surface area contributed by atoms with Crippen LogP contribution in [0.4, 0.5) is 11.4 Å². The van der Waals surface area contributed by atoms with Gasteiger partial charge in [0.25, 0.3) is 0 Å². The van der Waals surface area contributed by atoms with Gasteiger partial charge in [-0.15, -0.1) is 0 Å². The van der Waals surface area contributed by atoms with Crippen LogP contribution in [0, 0.1) is 0 Å². The molecule has 0 spiro atoms. The Morgan fingerprint density at radius 1 is 1.44 bits per heavy atom. The fourth-order valence-corrected chi connectivity index (χ4v) is 1.58. The summed E-state index contributed by atoms with van der Waals surface area (Å²) in [6, 6.07) is 5.68. The predicted octanol–water partition coefficient (Wildman–Crippen LogP) is 1.60. The summed E-state index contributed by atoms with van der Waals surface area (Å²) in [5.74, 6) is 0.658. The van der Waals surface area contributed by atoms with Crippen LogP contribution in [0.2, 0.25) is 0 Å². The van der Waals surface area contributed by atoms with Gasteiger partial charge in [-0.3, -0.25) is 4.79 Å². The van der Waals surface area contributed by atoms with Crippen molar-refractivity contribution in [2.45, 2.75) is 26.3 Å². The molecule has 0 fully saturated rings. The monoisotopic (exact) mass is 251 g/mol. The molecule has 5 nitrogen and oxygen atoms in total. The van der Waals surface area contributed by atoms with E-state index in [0.717, 1.165) is 5.69 Å². The lowest BCUT2D eigenvalue weighted by Gasteiger charge is -2.12. The number of hydrogen-bond donors (Lipinski definition) is 3. The Hall–Kier alpha value is -1.91. The predicted molar refractivity (Wildman–Crippen MR) is 73.8 cm³/mol. The van der Waals surface area contributed by atoms with Crippen LogP contribution in [0.25, 0.3) is 0 Å². The number of carbonyl (C=O) groups is 1. The number of nitrogens with one attached hydrogen (secondary N) is 2. The summed E-state index contributed by atoms with van der Waals surface area (Å²) in [6.07, 6.45) is 0.412. The first kappa shape index (κ1) is 14.2. The Kier molecular flexibility index (Phi) is 5.30. The largest absolute Gasteiger partial charge is 0.495 e. The van der Waals surface area contributed by atoms with Crippen molar-refractivity contribution in [3.8, 4) is 5.75 Å². The van der Waals surface area contributed by atoms with Gasteiger partial charge < -0.3 is 21.1 Å². The number of nitrogens with two attached hydrogens (primary N) is 1. The van der Waals surface area contributed by atoms with Gasteiger partial charge in [0, 0.05) is 19.0 Å². The lowest BCUT2D eigenvalue weighted by Crippen LogP contribution is -2.31. The van der Waals surface area contributed by atoms with Gasteiger partial charge in [0.1, 0.15) is 5.75 Å². The molecule has 1 aromatic rings. The maximum Gasteiger partial charge on any atom is 0.221 e. The number of carbonyl (C=O) groups excluding carboxylic acids is 1. The number of benzene rings is 1. The second-order valence-corrected chi connectivity index (χ2v) is 4.32. The number of methoxy groups -OCH3 is 1. The van der Waals surface area contributed by atoms with Crippen LogP contribution < -0.4 is 21.1 Å². The topological polar surface area (TPSA) is 76.4 Å². The SMILES string of the molecule is COc1cccc(NCCC(=O)NC(C)C)c1N. The Bertz CT molecular complexity index is 405. The molecule has 1 rings (SSSR count). The van der Waals surface area contributed by atoms with Gasteiger partial charge >= 0.3 is 0 Å². The van der Waals surface area contributed by atoms with E-state index in [-0.39, 0.29) is 11.9 Å². The molecule has 0 saturated heterocycles. The van der Waals surface area contributed by atoms with Crippen molar-refractivity contribution in [2.24, 2.45) is 0 Å². The summed E-state index contributed by atoms with van der Waals surface area (Å²) < 4.78 is 5.12. The van der Waals surface area contributed by atoms with Crippen molar-refractivity contribution in [1.82, 2.24) is 5.32 Å². The maximum absolute atomic E-state index is 11.4. The lowest BCUT2D eigenvalue weighted by molar-refractivity contribution is -0.121. The van der Waals surface area contributed by atoms with Gasteiger partial charge in [0.15, 0.2) is 0 Å². The fourth-order valence-electron chi connectivity index (χ4n) is 1.58. The molecule has 4 N–H and O–H groups in total. The van der Waals surface area contributed by atoms with Gasteiger partial charge in [-0.1, -0.05) is 6.07 Å². The van der Waals surface area contributed by atoms with Crippen LogP contribution in [0.3, 0.4) is 0 Å². The summed E-state index contributed by atoms with van der Waals surface area (Å²) >= 11 is 0. The van der Waals surface area contributed by atoms with Gasteiger partial charge in [0.2, 0.25) is 5.91 Å². The number of amides is 1. The van der Waals surface area contributed by atoms with E-state index in [4.69, 9.17) is 10.5 Å². The molecule has 1 amide bonds. The molecule has 0 saturated carbocycles. The molecule has 0 radical (unpaired) electrons. The average Bonchev–Trinajstić information content (AvgIpc) is 2.30. The van der Waals surface area contributed by atoms with Crippen molar-refractivity contribution in [1.29, 1.82) is 0 Å². The Morgan fingerprint density at radius 3 is 2.78 bits per heavy atom. The van der Waals surface area contributed by atoms with Gasteiger partial charge in [-0.25, -0.2) is 0 Å². The molecule has 0 heterocycles. The number of ether oxygens (including phenoxy) is 1. The summed E-state index contributed by atoms with van der Waals surface area (Å²) in [5.41, 5.74) is 7.25. The van der Waals surface area contributed by atoms with E-state index in [1.165, 1.54) is 0 Å². The number of rotatable bonds is 6. The molecular weight excluding hydrogens is 230 g/mol. The molecule has 0 bridgehead atoms. The van der Waals surface area contributed by atoms with E-state index in [1.54, 1.807) is 13.2 Å². The molecule has 0 aliphatic carbocycles. The molecule has 5 heteroatoms. The van der Waals surface area contributed by atoms with Crippen LogP contribution in [0.15, 0.2) is 18.2 Å². The minimum absolute atomic E-state index is 0.0268. The molecule has 0 aliphatic heterocycles. The summed E-state index contributed by atoms with van der Waals surface area (Å²) in [4.78, 5) is 11.4. The third-order valence-corrected chi connectivity index (χ3v) is 2.40.